The molecule has 0 saturated carbocycles. The lowest BCUT2D eigenvalue weighted by atomic mass is 9.86. The van der Waals surface area contributed by atoms with Gasteiger partial charge < -0.3 is 0 Å². The first kappa shape index (κ1) is 14.0. The van der Waals surface area contributed by atoms with E-state index in [1.165, 1.54) is 11.6 Å². The van der Waals surface area contributed by atoms with Gasteiger partial charge in [-0.05, 0) is 38.0 Å². The van der Waals surface area contributed by atoms with E-state index in [0.717, 1.165) is 23.1 Å². The molecule has 114 valence electrons. The molecule has 1 aliphatic heterocycles. The first-order valence-corrected chi connectivity index (χ1v) is 7.64. The molecule has 1 aromatic heterocycles. The summed E-state index contributed by atoms with van der Waals surface area (Å²) in [4.78, 5) is 4.88. The van der Waals surface area contributed by atoms with Crippen LogP contribution in [0.4, 0.5) is 4.39 Å². The summed E-state index contributed by atoms with van der Waals surface area (Å²) in [5.41, 5.74) is 3.95. The summed E-state index contributed by atoms with van der Waals surface area (Å²) < 4.78 is 13.8. The Bertz CT molecular complexity index is 944. The molecule has 0 amide bonds. The molecule has 4 heteroatoms. The Labute approximate surface area is 133 Å². The molecule has 0 fully saturated rings. The minimum absolute atomic E-state index is 0.192. The van der Waals surface area contributed by atoms with Gasteiger partial charge in [0.2, 0.25) is 0 Å². The molecular weight excluding hydrogens is 289 g/mol. The smallest absolute Gasteiger partial charge is 0.151 e. The summed E-state index contributed by atoms with van der Waals surface area (Å²) in [5, 5.41) is 9.04. The fourth-order valence-corrected chi connectivity index (χ4v) is 3.12. The number of halogens is 1. The van der Waals surface area contributed by atoms with Gasteiger partial charge in [-0.25, -0.2) is 4.39 Å². The van der Waals surface area contributed by atoms with Crippen molar-refractivity contribution in [2.75, 3.05) is 0 Å². The largest absolute Gasteiger partial charge is 0.276 e. The monoisotopic (exact) mass is 305 g/mol. The molecule has 0 radical (unpaired) electrons. The Morgan fingerprint density at radius 2 is 1.83 bits per heavy atom. The van der Waals surface area contributed by atoms with Gasteiger partial charge in [0, 0.05) is 10.9 Å². The van der Waals surface area contributed by atoms with Crippen molar-refractivity contribution in [3.63, 3.8) is 0 Å². The molecule has 23 heavy (non-hydrogen) atoms. The summed E-state index contributed by atoms with van der Waals surface area (Å²) in [5.74, 6) is -0.354. The summed E-state index contributed by atoms with van der Waals surface area (Å²) in [6.07, 6.45) is 0.891. The van der Waals surface area contributed by atoms with Gasteiger partial charge in [0.15, 0.2) is 5.82 Å². The van der Waals surface area contributed by atoms with Crippen molar-refractivity contribution in [3.8, 4) is 0 Å². The van der Waals surface area contributed by atoms with Crippen molar-refractivity contribution in [1.82, 2.24) is 10.2 Å². The number of benzene rings is 2. The molecular formula is C19H16FN3. The Hall–Kier alpha value is -2.62. The van der Waals surface area contributed by atoms with E-state index >= 15 is 0 Å². The van der Waals surface area contributed by atoms with Crippen LogP contribution in [0.1, 0.15) is 30.7 Å². The molecule has 2 heterocycles. The lowest BCUT2D eigenvalue weighted by Gasteiger charge is -2.28. The first-order chi connectivity index (χ1) is 11.0. The van der Waals surface area contributed by atoms with E-state index in [1.54, 1.807) is 6.07 Å². The Morgan fingerprint density at radius 3 is 2.70 bits per heavy atom. The minimum Gasteiger partial charge on any atom is -0.276 e. The number of rotatable bonds is 1. The number of hydrogen-bond acceptors (Lipinski definition) is 3. The van der Waals surface area contributed by atoms with Gasteiger partial charge in [-0.15, -0.1) is 10.2 Å². The Balaban J connectivity index is 1.94. The molecule has 0 N–H and O–H groups in total. The van der Waals surface area contributed by atoms with Crippen molar-refractivity contribution in [2.45, 2.75) is 25.8 Å². The highest BCUT2D eigenvalue weighted by Crippen LogP contribution is 2.29. The van der Waals surface area contributed by atoms with Crippen LogP contribution in [0.5, 0.6) is 0 Å². The van der Waals surface area contributed by atoms with Crippen molar-refractivity contribution < 1.29 is 4.39 Å². The lowest BCUT2D eigenvalue weighted by molar-refractivity contribution is 0.513. The summed E-state index contributed by atoms with van der Waals surface area (Å²) in [6.45, 7) is 4.22. The van der Waals surface area contributed by atoms with E-state index in [0.29, 0.717) is 11.2 Å². The third-order valence-corrected chi connectivity index (χ3v) is 4.12. The molecule has 3 aromatic rings. The van der Waals surface area contributed by atoms with Crippen LogP contribution < -0.4 is 0 Å². The van der Waals surface area contributed by atoms with Crippen LogP contribution in [0.2, 0.25) is 0 Å². The van der Waals surface area contributed by atoms with Gasteiger partial charge in [-0.3, -0.25) is 4.99 Å². The maximum atomic E-state index is 13.8. The second-order valence-electron chi connectivity index (χ2n) is 6.51. The number of aromatic nitrogens is 2. The number of fused-ring (bicyclic) bond motifs is 2. The van der Waals surface area contributed by atoms with E-state index in [4.69, 9.17) is 4.99 Å². The van der Waals surface area contributed by atoms with E-state index in [1.807, 2.05) is 24.3 Å². The zero-order chi connectivity index (χ0) is 16.0. The standard InChI is InChI=1S/C19H16FN3/c1-19(2)11-13-6-3-4-8-14(13)18(21-19)16-10-12-7-5-9-15(20)17(12)23-22-16/h3-10H,11H2,1-2H3. The van der Waals surface area contributed by atoms with Gasteiger partial charge in [0.25, 0.3) is 0 Å². The molecule has 0 spiro atoms. The van der Waals surface area contributed by atoms with Crippen molar-refractivity contribution in [1.29, 1.82) is 0 Å². The highest BCUT2D eigenvalue weighted by atomic mass is 19.1. The molecule has 2 aromatic carbocycles. The molecule has 0 aliphatic carbocycles. The molecule has 1 aliphatic rings. The van der Waals surface area contributed by atoms with Crippen LogP contribution in [0.15, 0.2) is 53.5 Å². The van der Waals surface area contributed by atoms with Crippen molar-refractivity contribution in [3.05, 3.63) is 71.2 Å². The molecule has 3 nitrogen and oxygen atoms in total. The number of nitrogens with zero attached hydrogens (tertiary/aromatic N) is 3. The quantitative estimate of drug-likeness (QED) is 0.683. The third-order valence-electron chi connectivity index (χ3n) is 4.12. The first-order valence-electron chi connectivity index (χ1n) is 7.64. The average molecular weight is 305 g/mol. The number of hydrogen-bond donors (Lipinski definition) is 0. The van der Waals surface area contributed by atoms with Gasteiger partial charge in [-0.1, -0.05) is 36.4 Å². The molecule has 0 saturated heterocycles. The van der Waals surface area contributed by atoms with Crippen molar-refractivity contribution in [2.24, 2.45) is 4.99 Å². The molecule has 0 unspecified atom stereocenters. The van der Waals surface area contributed by atoms with Crippen LogP contribution in [0.3, 0.4) is 0 Å². The van der Waals surface area contributed by atoms with Gasteiger partial charge >= 0.3 is 0 Å². The van der Waals surface area contributed by atoms with Gasteiger partial charge in [-0.2, -0.15) is 0 Å². The normalized spacial score (nSPS) is 16.0. The summed E-state index contributed by atoms with van der Waals surface area (Å²) >= 11 is 0. The fraction of sp³-hybridized carbons (Fsp3) is 0.211. The second kappa shape index (κ2) is 4.95. The predicted molar refractivity (Wildman–Crippen MR) is 89.4 cm³/mol. The summed E-state index contributed by atoms with van der Waals surface area (Å²) in [6, 6.07) is 15.0. The Kier molecular flexibility index (Phi) is 3.01. The minimum atomic E-state index is -0.354. The zero-order valence-electron chi connectivity index (χ0n) is 13.0. The van der Waals surface area contributed by atoms with Gasteiger partial charge in [0.1, 0.15) is 11.2 Å². The predicted octanol–water partition coefficient (Wildman–Crippen LogP) is 3.94. The third kappa shape index (κ3) is 2.40. The molecule has 4 rings (SSSR count). The highest BCUT2D eigenvalue weighted by Gasteiger charge is 2.28. The van der Waals surface area contributed by atoms with Crippen molar-refractivity contribution >= 4 is 16.6 Å². The lowest BCUT2D eigenvalue weighted by Crippen LogP contribution is -2.29. The molecule has 0 atom stereocenters. The fourth-order valence-electron chi connectivity index (χ4n) is 3.12. The van der Waals surface area contributed by atoms with Crippen LogP contribution in [-0.4, -0.2) is 21.4 Å². The summed E-state index contributed by atoms with van der Waals surface area (Å²) in [7, 11) is 0. The molecule has 0 bridgehead atoms. The van der Waals surface area contributed by atoms with E-state index in [9.17, 15) is 4.39 Å². The van der Waals surface area contributed by atoms with E-state index < -0.39 is 0 Å². The Morgan fingerprint density at radius 1 is 1.00 bits per heavy atom. The van der Waals surface area contributed by atoms with Gasteiger partial charge in [0.05, 0.1) is 11.3 Å². The van der Waals surface area contributed by atoms with E-state index in [-0.39, 0.29) is 11.4 Å². The van der Waals surface area contributed by atoms with Crippen LogP contribution in [0, 0.1) is 5.82 Å². The van der Waals surface area contributed by atoms with Crippen LogP contribution >= 0.6 is 0 Å². The number of aliphatic imine (C=N–C) groups is 1. The second-order valence-corrected chi connectivity index (χ2v) is 6.51. The van der Waals surface area contributed by atoms with Crippen LogP contribution in [0.25, 0.3) is 10.9 Å². The average Bonchev–Trinajstić information content (AvgIpc) is 2.53. The maximum Gasteiger partial charge on any atom is 0.151 e. The highest BCUT2D eigenvalue weighted by molar-refractivity contribution is 6.14. The topological polar surface area (TPSA) is 38.1 Å². The zero-order valence-corrected chi connectivity index (χ0v) is 13.0. The van der Waals surface area contributed by atoms with Crippen LogP contribution in [-0.2, 0) is 6.42 Å². The maximum absolute atomic E-state index is 13.8. The van der Waals surface area contributed by atoms with E-state index in [2.05, 4.69) is 36.2 Å². The SMILES string of the molecule is CC1(C)Cc2ccccc2C(c2cc3cccc(F)c3nn2)=N1.